The molecule has 0 saturated heterocycles. The Hall–Kier alpha value is -3.14. The normalized spacial score (nSPS) is 12.4. The summed E-state index contributed by atoms with van der Waals surface area (Å²) in [5.41, 5.74) is 6.62. The number of hydrogen-bond donors (Lipinski definition) is 4. The van der Waals surface area contributed by atoms with Crippen molar-refractivity contribution in [1.29, 1.82) is 0 Å². The molecule has 11 heteroatoms. The fourth-order valence-corrected chi connectivity index (χ4v) is 3.52. The average Bonchev–Trinajstić information content (AvgIpc) is 3.19. The van der Waals surface area contributed by atoms with Gasteiger partial charge < -0.3 is 21.0 Å². The second-order valence-electron chi connectivity index (χ2n) is 7.02. The molecular formula is C21H20Cl2FN7O. The van der Waals surface area contributed by atoms with Gasteiger partial charge in [-0.15, -0.1) is 0 Å². The number of fused-ring (bicyclic) bond motifs is 1. The van der Waals surface area contributed by atoms with Crippen LogP contribution in [0.25, 0.3) is 0 Å². The third kappa shape index (κ3) is 5.01. The first-order valence-corrected chi connectivity index (χ1v) is 10.5. The van der Waals surface area contributed by atoms with Gasteiger partial charge in [-0.2, -0.15) is 4.98 Å². The van der Waals surface area contributed by atoms with E-state index in [0.717, 1.165) is 23.1 Å². The molecule has 2 aromatic carbocycles. The highest BCUT2D eigenvalue weighted by molar-refractivity contribution is 6.42. The molecule has 0 radical (unpaired) electrons. The van der Waals surface area contributed by atoms with Gasteiger partial charge in [-0.1, -0.05) is 23.2 Å². The number of hydrogen-bond acceptors (Lipinski definition) is 7. The van der Waals surface area contributed by atoms with E-state index in [4.69, 9.17) is 23.2 Å². The van der Waals surface area contributed by atoms with E-state index >= 15 is 0 Å². The third-order valence-corrected chi connectivity index (χ3v) is 5.59. The van der Waals surface area contributed by atoms with E-state index in [0.29, 0.717) is 35.2 Å². The summed E-state index contributed by atoms with van der Waals surface area (Å²) in [6, 6.07) is 10.6. The van der Waals surface area contributed by atoms with E-state index in [9.17, 15) is 9.18 Å². The molecule has 0 spiro atoms. The minimum absolute atomic E-state index is 0.00379. The molecule has 1 amide bonds. The molecule has 0 bridgehead atoms. The fraction of sp³-hybridized carbons (Fsp3) is 0.190. The molecule has 4 rings (SSSR count). The molecular weight excluding hydrogens is 456 g/mol. The summed E-state index contributed by atoms with van der Waals surface area (Å²) in [6.45, 7) is 1.19. The number of hydrazine groups is 1. The van der Waals surface area contributed by atoms with Crippen molar-refractivity contribution >= 4 is 57.9 Å². The number of halogens is 3. The highest BCUT2D eigenvalue weighted by atomic mass is 35.5. The molecule has 2 heterocycles. The van der Waals surface area contributed by atoms with Crippen LogP contribution < -0.4 is 26.4 Å². The van der Waals surface area contributed by atoms with Crippen LogP contribution >= 0.6 is 23.2 Å². The quantitative estimate of drug-likeness (QED) is 0.403. The van der Waals surface area contributed by atoms with Crippen LogP contribution in [0, 0.1) is 5.82 Å². The molecule has 3 aromatic rings. The van der Waals surface area contributed by atoms with E-state index in [2.05, 4.69) is 31.3 Å². The third-order valence-electron chi connectivity index (χ3n) is 4.85. The van der Waals surface area contributed by atoms with Gasteiger partial charge in [-0.25, -0.2) is 14.8 Å². The summed E-state index contributed by atoms with van der Waals surface area (Å²) in [5.74, 6) is -0.385. The Morgan fingerprint density at radius 3 is 2.72 bits per heavy atom. The second-order valence-corrected chi connectivity index (χ2v) is 7.84. The standard InChI is InChI=1S/C21H20Cl2FN7O/c1-25-19(32)6-7-31-18-5-3-13(8-12(18)10-27-31)29-21-26-11-17(24)20(30-21)28-14-2-4-15(22)16(23)9-14/h2-5,8-9,11,27H,6-7,10H2,1H3,(H,25,32)(H2,26,28,29,30). The summed E-state index contributed by atoms with van der Waals surface area (Å²) in [7, 11) is 1.62. The van der Waals surface area contributed by atoms with Gasteiger partial charge in [-0.3, -0.25) is 4.79 Å². The first-order chi connectivity index (χ1) is 15.4. The monoisotopic (exact) mass is 475 g/mol. The Kier molecular flexibility index (Phi) is 6.59. The van der Waals surface area contributed by atoms with Crippen LogP contribution in [-0.4, -0.2) is 29.5 Å². The number of carbonyl (C=O) groups excluding carboxylic acids is 1. The summed E-state index contributed by atoms with van der Waals surface area (Å²) in [4.78, 5) is 19.7. The SMILES string of the molecule is CNC(=O)CCN1NCc2cc(Nc3ncc(F)c(Nc4ccc(Cl)c(Cl)c4)n3)ccc21. The lowest BCUT2D eigenvalue weighted by molar-refractivity contribution is -0.120. The largest absolute Gasteiger partial charge is 0.359 e. The van der Waals surface area contributed by atoms with Crippen LogP contribution in [0.5, 0.6) is 0 Å². The molecule has 4 N–H and O–H groups in total. The zero-order valence-electron chi connectivity index (χ0n) is 17.0. The van der Waals surface area contributed by atoms with E-state index in [1.165, 1.54) is 0 Å². The van der Waals surface area contributed by atoms with Crippen LogP contribution in [0.4, 0.5) is 33.2 Å². The van der Waals surface area contributed by atoms with Gasteiger partial charge in [0.1, 0.15) is 0 Å². The molecule has 0 aliphatic carbocycles. The van der Waals surface area contributed by atoms with Gasteiger partial charge in [0.25, 0.3) is 0 Å². The lowest BCUT2D eigenvalue weighted by atomic mass is 10.1. The van der Waals surface area contributed by atoms with Gasteiger partial charge in [0.15, 0.2) is 11.6 Å². The summed E-state index contributed by atoms with van der Waals surface area (Å²) in [6.07, 6.45) is 1.48. The van der Waals surface area contributed by atoms with Crippen molar-refractivity contribution in [3.8, 4) is 0 Å². The minimum atomic E-state index is -0.605. The molecule has 1 aliphatic rings. The Bertz CT molecular complexity index is 1160. The number of anilines is 5. The Morgan fingerprint density at radius 1 is 1.16 bits per heavy atom. The van der Waals surface area contributed by atoms with Gasteiger partial charge in [0.05, 0.1) is 21.9 Å². The van der Waals surface area contributed by atoms with Crippen molar-refractivity contribution in [2.24, 2.45) is 0 Å². The van der Waals surface area contributed by atoms with Crippen LogP contribution in [0.1, 0.15) is 12.0 Å². The predicted octanol–water partition coefficient (Wildman–Crippen LogP) is 4.37. The van der Waals surface area contributed by atoms with Crippen LogP contribution in [0.15, 0.2) is 42.6 Å². The van der Waals surface area contributed by atoms with Crippen molar-refractivity contribution in [3.05, 3.63) is 64.0 Å². The Labute approximate surface area is 194 Å². The molecule has 1 aliphatic heterocycles. The molecule has 1 aromatic heterocycles. The van der Waals surface area contributed by atoms with Gasteiger partial charge in [0, 0.05) is 37.9 Å². The molecule has 166 valence electrons. The zero-order valence-corrected chi connectivity index (χ0v) is 18.6. The van der Waals surface area contributed by atoms with E-state index in [1.54, 1.807) is 25.2 Å². The van der Waals surface area contributed by atoms with Crippen molar-refractivity contribution in [1.82, 2.24) is 20.7 Å². The number of rotatable bonds is 7. The van der Waals surface area contributed by atoms with Crippen LogP contribution in [0.2, 0.25) is 10.0 Å². The maximum Gasteiger partial charge on any atom is 0.229 e. The number of amides is 1. The van der Waals surface area contributed by atoms with Gasteiger partial charge >= 0.3 is 0 Å². The van der Waals surface area contributed by atoms with Crippen molar-refractivity contribution in [2.75, 3.05) is 29.2 Å². The van der Waals surface area contributed by atoms with E-state index in [1.807, 2.05) is 23.2 Å². The number of benzene rings is 2. The van der Waals surface area contributed by atoms with Crippen molar-refractivity contribution < 1.29 is 9.18 Å². The lowest BCUT2D eigenvalue weighted by Gasteiger charge is -2.19. The zero-order chi connectivity index (χ0) is 22.7. The molecule has 0 fully saturated rings. The second kappa shape index (κ2) is 9.56. The number of carbonyl (C=O) groups is 1. The first-order valence-electron chi connectivity index (χ1n) is 9.79. The Morgan fingerprint density at radius 2 is 1.94 bits per heavy atom. The summed E-state index contributed by atoms with van der Waals surface area (Å²) in [5, 5.41) is 11.3. The van der Waals surface area contributed by atoms with Crippen molar-refractivity contribution in [3.63, 3.8) is 0 Å². The summed E-state index contributed by atoms with van der Waals surface area (Å²) >= 11 is 11.9. The molecule has 8 nitrogen and oxygen atoms in total. The van der Waals surface area contributed by atoms with Crippen LogP contribution in [0.3, 0.4) is 0 Å². The van der Waals surface area contributed by atoms with E-state index in [-0.39, 0.29) is 17.7 Å². The molecule has 0 saturated carbocycles. The minimum Gasteiger partial charge on any atom is -0.359 e. The smallest absolute Gasteiger partial charge is 0.229 e. The highest BCUT2D eigenvalue weighted by Crippen LogP contribution is 2.30. The first kappa shape index (κ1) is 22.1. The average molecular weight is 476 g/mol. The van der Waals surface area contributed by atoms with E-state index < -0.39 is 5.82 Å². The lowest BCUT2D eigenvalue weighted by Crippen LogP contribution is -2.35. The maximum atomic E-state index is 14.2. The fourth-order valence-electron chi connectivity index (χ4n) is 3.23. The molecule has 0 atom stereocenters. The maximum absolute atomic E-state index is 14.2. The molecule has 0 unspecified atom stereocenters. The molecule has 32 heavy (non-hydrogen) atoms. The van der Waals surface area contributed by atoms with Gasteiger partial charge in [-0.05, 0) is 42.0 Å². The number of nitrogens with zero attached hydrogens (tertiary/aromatic N) is 3. The Balaban J connectivity index is 1.47. The van der Waals surface area contributed by atoms with Crippen LogP contribution in [-0.2, 0) is 11.3 Å². The van der Waals surface area contributed by atoms with Gasteiger partial charge in [0.2, 0.25) is 11.9 Å². The predicted molar refractivity (Wildman–Crippen MR) is 124 cm³/mol. The number of nitrogens with one attached hydrogen (secondary N) is 4. The topological polar surface area (TPSA) is 94.2 Å². The number of aromatic nitrogens is 2. The summed E-state index contributed by atoms with van der Waals surface area (Å²) < 4.78 is 14.2. The van der Waals surface area contributed by atoms with Crippen molar-refractivity contribution in [2.45, 2.75) is 13.0 Å². The highest BCUT2D eigenvalue weighted by Gasteiger charge is 2.19.